The molecule has 0 atom stereocenters. The van der Waals surface area contributed by atoms with Gasteiger partial charge in [-0.2, -0.15) is 4.98 Å². The third-order valence-electron chi connectivity index (χ3n) is 3.39. The third-order valence-corrected chi connectivity index (χ3v) is 3.39. The normalized spacial score (nSPS) is 10.7. The predicted molar refractivity (Wildman–Crippen MR) is 83.1 cm³/mol. The Balaban J connectivity index is 1.82. The lowest BCUT2D eigenvalue weighted by Crippen LogP contribution is -2.25. The Morgan fingerprint density at radius 2 is 2.00 bits per heavy atom. The van der Waals surface area contributed by atoms with Gasteiger partial charge in [-0.25, -0.2) is 9.50 Å². The second-order valence-electron chi connectivity index (χ2n) is 5.33. The molecule has 0 bridgehead atoms. The van der Waals surface area contributed by atoms with Crippen molar-refractivity contribution in [3.63, 3.8) is 0 Å². The second kappa shape index (κ2) is 7.66. The van der Waals surface area contributed by atoms with Crippen molar-refractivity contribution in [1.82, 2.24) is 24.9 Å². The van der Waals surface area contributed by atoms with Crippen molar-refractivity contribution in [2.24, 2.45) is 0 Å². The van der Waals surface area contributed by atoms with E-state index >= 15 is 0 Å². The number of hydrogen-bond donors (Lipinski definition) is 1. The number of nitrogens with one attached hydrogen (secondary N) is 1. The smallest absolute Gasteiger partial charge is 0.305 e. The number of amides is 1. The summed E-state index contributed by atoms with van der Waals surface area (Å²) in [6.45, 7) is 4.27. The fourth-order valence-corrected chi connectivity index (χ4v) is 2.22. The van der Waals surface area contributed by atoms with Crippen LogP contribution in [0.15, 0.2) is 6.07 Å². The zero-order valence-electron chi connectivity index (χ0n) is 13.6. The molecule has 8 heteroatoms. The minimum Gasteiger partial charge on any atom is -0.469 e. The highest BCUT2D eigenvalue weighted by Crippen LogP contribution is 2.05. The van der Waals surface area contributed by atoms with Crippen molar-refractivity contribution >= 4 is 17.7 Å². The number of methoxy groups -OCH3 is 1. The molecule has 0 unspecified atom stereocenters. The van der Waals surface area contributed by atoms with E-state index in [-0.39, 0.29) is 17.7 Å². The average Bonchev–Trinajstić information content (AvgIpc) is 2.94. The molecular formula is C15H21N5O3. The molecule has 2 aromatic heterocycles. The molecular weight excluding hydrogens is 298 g/mol. The van der Waals surface area contributed by atoms with Gasteiger partial charge in [0.05, 0.1) is 7.11 Å². The molecule has 0 radical (unpaired) electrons. The van der Waals surface area contributed by atoms with Gasteiger partial charge in [0.15, 0.2) is 0 Å². The van der Waals surface area contributed by atoms with Gasteiger partial charge in [0.25, 0.3) is 11.7 Å². The van der Waals surface area contributed by atoms with Gasteiger partial charge >= 0.3 is 5.97 Å². The number of unbranched alkanes of at least 4 members (excludes halogenated alkanes) is 2. The molecule has 2 aromatic rings. The van der Waals surface area contributed by atoms with Crippen LogP contribution in [0.4, 0.5) is 0 Å². The van der Waals surface area contributed by atoms with E-state index < -0.39 is 0 Å². The number of carbonyl (C=O) groups is 2. The summed E-state index contributed by atoms with van der Waals surface area (Å²) in [4.78, 5) is 31.4. The van der Waals surface area contributed by atoms with Crippen molar-refractivity contribution in [3.8, 4) is 0 Å². The molecule has 8 nitrogen and oxygen atoms in total. The number of nitrogens with zero attached hydrogens (tertiary/aromatic N) is 4. The molecule has 0 aromatic carbocycles. The lowest BCUT2D eigenvalue weighted by molar-refractivity contribution is -0.140. The first-order valence-electron chi connectivity index (χ1n) is 7.57. The molecule has 1 N–H and O–H groups in total. The number of carbonyl (C=O) groups excluding carboxylic acids is 2. The van der Waals surface area contributed by atoms with E-state index in [2.05, 4.69) is 25.1 Å². The first kappa shape index (κ1) is 16.9. The fourth-order valence-electron chi connectivity index (χ4n) is 2.22. The Morgan fingerprint density at radius 3 is 2.74 bits per heavy atom. The highest BCUT2D eigenvalue weighted by atomic mass is 16.5. The molecule has 1 amide bonds. The zero-order chi connectivity index (χ0) is 16.8. The number of esters is 1. The monoisotopic (exact) mass is 319 g/mol. The second-order valence-corrected chi connectivity index (χ2v) is 5.33. The van der Waals surface area contributed by atoms with Crippen LogP contribution in [0.3, 0.4) is 0 Å². The number of ether oxygens (including phenoxy) is 1. The Labute approximate surface area is 134 Å². The lowest BCUT2D eigenvalue weighted by atomic mass is 10.2. The van der Waals surface area contributed by atoms with Crippen LogP contribution < -0.4 is 5.32 Å². The minimum atomic E-state index is -0.319. The minimum absolute atomic E-state index is 0.112. The molecule has 0 aliphatic rings. The largest absolute Gasteiger partial charge is 0.469 e. The van der Waals surface area contributed by atoms with E-state index in [9.17, 15) is 9.59 Å². The van der Waals surface area contributed by atoms with Gasteiger partial charge in [-0.1, -0.05) is 6.42 Å². The SMILES string of the molecule is COC(=O)CCCCCNC(=O)c1nc2nc(C)cc(C)n2n1. The molecule has 23 heavy (non-hydrogen) atoms. The quantitative estimate of drug-likeness (QED) is 0.608. The zero-order valence-corrected chi connectivity index (χ0v) is 13.6. The van der Waals surface area contributed by atoms with Crippen molar-refractivity contribution < 1.29 is 14.3 Å². The van der Waals surface area contributed by atoms with Gasteiger partial charge in [0.1, 0.15) is 0 Å². The van der Waals surface area contributed by atoms with Crippen molar-refractivity contribution in [1.29, 1.82) is 0 Å². The summed E-state index contributed by atoms with van der Waals surface area (Å²) in [5.74, 6) is 0.00751. The predicted octanol–water partition coefficient (Wildman–Crippen LogP) is 1.20. The molecule has 124 valence electrons. The topological polar surface area (TPSA) is 98.5 Å². The molecule has 0 aliphatic carbocycles. The molecule has 0 saturated heterocycles. The Hall–Kier alpha value is -2.51. The van der Waals surface area contributed by atoms with Crippen LogP contribution >= 0.6 is 0 Å². The number of hydrogen-bond acceptors (Lipinski definition) is 6. The van der Waals surface area contributed by atoms with E-state index in [1.54, 1.807) is 4.52 Å². The first-order valence-corrected chi connectivity index (χ1v) is 7.57. The molecule has 0 aliphatic heterocycles. The summed E-state index contributed by atoms with van der Waals surface area (Å²) in [7, 11) is 1.38. The average molecular weight is 319 g/mol. The number of fused-ring (bicyclic) bond motifs is 1. The summed E-state index contributed by atoms with van der Waals surface area (Å²) in [6.07, 6.45) is 2.78. The lowest BCUT2D eigenvalue weighted by Gasteiger charge is -2.02. The van der Waals surface area contributed by atoms with Crippen LogP contribution in [0.2, 0.25) is 0 Å². The van der Waals surface area contributed by atoms with E-state index in [0.717, 1.165) is 30.7 Å². The van der Waals surface area contributed by atoms with Crippen LogP contribution in [0.5, 0.6) is 0 Å². The summed E-state index contributed by atoms with van der Waals surface area (Å²) in [5.41, 5.74) is 1.71. The van der Waals surface area contributed by atoms with Crippen molar-refractivity contribution in [3.05, 3.63) is 23.3 Å². The maximum Gasteiger partial charge on any atom is 0.305 e. The van der Waals surface area contributed by atoms with Gasteiger partial charge in [-0.15, -0.1) is 5.10 Å². The van der Waals surface area contributed by atoms with Gasteiger partial charge in [0.2, 0.25) is 5.82 Å². The van der Waals surface area contributed by atoms with Gasteiger partial charge in [-0.05, 0) is 32.8 Å². The Morgan fingerprint density at radius 1 is 1.22 bits per heavy atom. The number of aromatic nitrogens is 4. The maximum atomic E-state index is 12.0. The van der Waals surface area contributed by atoms with E-state index in [4.69, 9.17) is 0 Å². The van der Waals surface area contributed by atoms with Gasteiger partial charge in [0, 0.05) is 24.4 Å². The maximum absolute atomic E-state index is 12.0. The summed E-state index contributed by atoms with van der Waals surface area (Å²) < 4.78 is 6.12. The van der Waals surface area contributed by atoms with E-state index in [1.165, 1.54) is 7.11 Å². The number of aryl methyl sites for hydroxylation is 2. The highest BCUT2D eigenvalue weighted by Gasteiger charge is 2.14. The van der Waals surface area contributed by atoms with Crippen LogP contribution in [0.1, 0.15) is 47.7 Å². The van der Waals surface area contributed by atoms with E-state index in [1.807, 2.05) is 19.9 Å². The fraction of sp³-hybridized carbons (Fsp3) is 0.533. The van der Waals surface area contributed by atoms with E-state index in [0.29, 0.717) is 18.7 Å². The Kier molecular flexibility index (Phi) is 5.61. The summed E-state index contributed by atoms with van der Waals surface area (Å²) in [6, 6.07) is 1.88. The first-order chi connectivity index (χ1) is 11.0. The molecule has 0 fully saturated rings. The van der Waals surface area contributed by atoms with Crippen LogP contribution in [-0.4, -0.2) is 45.1 Å². The molecule has 2 heterocycles. The van der Waals surface area contributed by atoms with Crippen LogP contribution in [-0.2, 0) is 9.53 Å². The standard InChI is InChI=1S/C15H21N5O3/c1-10-9-11(2)20-15(17-10)18-13(19-20)14(22)16-8-6-4-5-7-12(21)23-3/h9H,4-8H2,1-3H3,(H,16,22). The van der Waals surface area contributed by atoms with Gasteiger partial charge in [-0.3, -0.25) is 9.59 Å². The summed E-state index contributed by atoms with van der Waals surface area (Å²) in [5, 5.41) is 6.95. The molecule has 0 spiro atoms. The van der Waals surface area contributed by atoms with Crippen LogP contribution in [0.25, 0.3) is 5.78 Å². The van der Waals surface area contributed by atoms with Gasteiger partial charge < -0.3 is 10.1 Å². The third kappa shape index (κ3) is 4.48. The Bertz CT molecular complexity index is 710. The van der Waals surface area contributed by atoms with Crippen LogP contribution in [0, 0.1) is 13.8 Å². The van der Waals surface area contributed by atoms with Crippen molar-refractivity contribution in [2.45, 2.75) is 39.5 Å². The highest BCUT2D eigenvalue weighted by molar-refractivity contribution is 5.90. The number of rotatable bonds is 7. The molecule has 2 rings (SSSR count). The summed E-state index contributed by atoms with van der Waals surface area (Å²) >= 11 is 0. The molecule has 0 saturated carbocycles. The van der Waals surface area contributed by atoms with Crippen molar-refractivity contribution in [2.75, 3.05) is 13.7 Å².